The van der Waals surface area contributed by atoms with E-state index in [2.05, 4.69) is 20.2 Å². The fourth-order valence-corrected chi connectivity index (χ4v) is 1.41. The van der Waals surface area contributed by atoms with Crippen molar-refractivity contribution in [2.45, 2.75) is 0 Å². The summed E-state index contributed by atoms with van der Waals surface area (Å²) in [6.45, 7) is 0. The van der Waals surface area contributed by atoms with Crippen LogP contribution in [0.5, 0.6) is 0 Å². The lowest BCUT2D eigenvalue weighted by Crippen LogP contribution is -1.73. The van der Waals surface area contributed by atoms with Gasteiger partial charge in [-0.2, -0.15) is 5.10 Å². The third kappa shape index (κ3) is 0.567. The van der Waals surface area contributed by atoms with Gasteiger partial charge in [-0.1, -0.05) is 0 Å². The molecule has 58 valence electrons. The Hall–Kier alpha value is -1.84. The van der Waals surface area contributed by atoms with E-state index in [1.165, 1.54) is 0 Å². The smallest absolute Gasteiger partial charge is 0.114 e. The molecule has 3 aromatic rings. The second-order valence-corrected chi connectivity index (χ2v) is 2.68. The van der Waals surface area contributed by atoms with Gasteiger partial charge in [-0.15, -0.1) is 0 Å². The molecular formula is C8H6N4. The van der Waals surface area contributed by atoms with Gasteiger partial charge in [-0.05, 0) is 12.1 Å². The van der Waals surface area contributed by atoms with Gasteiger partial charge in [0, 0.05) is 6.20 Å². The SMILES string of the molecule is c1cnc2c(c1)[nH]c1cn[nH]c12. The summed E-state index contributed by atoms with van der Waals surface area (Å²) < 4.78 is 0. The Morgan fingerprint density at radius 1 is 1.25 bits per heavy atom. The lowest BCUT2D eigenvalue weighted by Gasteiger charge is -1.84. The van der Waals surface area contributed by atoms with Crippen LogP contribution in [-0.2, 0) is 0 Å². The number of pyridine rings is 1. The summed E-state index contributed by atoms with van der Waals surface area (Å²) in [4.78, 5) is 7.44. The van der Waals surface area contributed by atoms with E-state index in [1.54, 1.807) is 12.4 Å². The first-order valence-corrected chi connectivity index (χ1v) is 3.71. The summed E-state index contributed by atoms with van der Waals surface area (Å²) in [6.07, 6.45) is 3.54. The first-order valence-electron chi connectivity index (χ1n) is 3.71. The largest absolute Gasteiger partial charge is 0.351 e. The Kier molecular flexibility index (Phi) is 0.889. The second kappa shape index (κ2) is 1.85. The maximum absolute atomic E-state index is 4.24. The molecule has 0 fully saturated rings. The minimum Gasteiger partial charge on any atom is -0.351 e. The molecule has 4 nitrogen and oxygen atoms in total. The molecule has 4 heteroatoms. The summed E-state index contributed by atoms with van der Waals surface area (Å²) in [6, 6.07) is 3.90. The van der Waals surface area contributed by atoms with Crippen molar-refractivity contribution in [2.75, 3.05) is 0 Å². The van der Waals surface area contributed by atoms with Crippen molar-refractivity contribution >= 4 is 22.1 Å². The van der Waals surface area contributed by atoms with E-state index in [1.807, 2.05) is 12.1 Å². The summed E-state index contributed by atoms with van der Waals surface area (Å²) in [5.41, 5.74) is 3.97. The van der Waals surface area contributed by atoms with Crippen molar-refractivity contribution in [3.63, 3.8) is 0 Å². The van der Waals surface area contributed by atoms with E-state index >= 15 is 0 Å². The summed E-state index contributed by atoms with van der Waals surface area (Å²) in [5.74, 6) is 0. The van der Waals surface area contributed by atoms with Crippen LogP contribution in [0.3, 0.4) is 0 Å². The fraction of sp³-hybridized carbons (Fsp3) is 0. The van der Waals surface area contributed by atoms with E-state index in [9.17, 15) is 0 Å². The van der Waals surface area contributed by atoms with Crippen molar-refractivity contribution in [2.24, 2.45) is 0 Å². The van der Waals surface area contributed by atoms with Crippen molar-refractivity contribution < 1.29 is 0 Å². The molecule has 2 N–H and O–H groups in total. The third-order valence-electron chi connectivity index (χ3n) is 1.95. The number of fused-ring (bicyclic) bond motifs is 3. The molecule has 0 aromatic carbocycles. The molecule has 3 heterocycles. The van der Waals surface area contributed by atoms with Crippen LogP contribution in [-0.4, -0.2) is 20.2 Å². The maximum atomic E-state index is 4.24. The highest BCUT2D eigenvalue weighted by atomic mass is 15.1. The zero-order valence-corrected chi connectivity index (χ0v) is 6.20. The maximum Gasteiger partial charge on any atom is 0.114 e. The van der Waals surface area contributed by atoms with Crippen LogP contribution in [0.1, 0.15) is 0 Å². The molecule has 12 heavy (non-hydrogen) atoms. The monoisotopic (exact) mass is 158 g/mol. The molecule has 0 aliphatic heterocycles. The number of H-pyrrole nitrogens is 2. The van der Waals surface area contributed by atoms with Gasteiger partial charge < -0.3 is 4.98 Å². The highest BCUT2D eigenvalue weighted by molar-refractivity contribution is 6.01. The first kappa shape index (κ1) is 5.77. The molecular weight excluding hydrogens is 152 g/mol. The molecule has 0 spiro atoms. The Bertz CT molecular complexity index is 533. The van der Waals surface area contributed by atoms with Gasteiger partial charge in [0.05, 0.1) is 17.2 Å². The lowest BCUT2D eigenvalue weighted by molar-refractivity contribution is 1.12. The Balaban J connectivity index is 2.68. The van der Waals surface area contributed by atoms with Gasteiger partial charge in [0.25, 0.3) is 0 Å². The van der Waals surface area contributed by atoms with Gasteiger partial charge >= 0.3 is 0 Å². The average molecular weight is 158 g/mol. The third-order valence-corrected chi connectivity index (χ3v) is 1.95. The topological polar surface area (TPSA) is 57.4 Å². The molecule has 0 atom stereocenters. The molecule has 0 bridgehead atoms. The molecule has 0 saturated heterocycles. The summed E-state index contributed by atoms with van der Waals surface area (Å²) in [7, 11) is 0. The van der Waals surface area contributed by atoms with Crippen LogP contribution in [0, 0.1) is 0 Å². The van der Waals surface area contributed by atoms with Crippen molar-refractivity contribution in [1.82, 2.24) is 20.2 Å². The predicted octanol–water partition coefficient (Wildman–Crippen LogP) is 1.44. The number of aromatic nitrogens is 4. The number of aromatic amines is 2. The molecule has 0 saturated carbocycles. The molecule has 3 rings (SSSR count). The zero-order chi connectivity index (χ0) is 7.97. The molecule has 3 aromatic heterocycles. The van der Waals surface area contributed by atoms with E-state index in [4.69, 9.17) is 0 Å². The average Bonchev–Trinajstić information content (AvgIpc) is 2.62. The number of hydrogen-bond donors (Lipinski definition) is 2. The summed E-state index contributed by atoms with van der Waals surface area (Å²) in [5, 5.41) is 6.81. The molecule has 0 aliphatic rings. The van der Waals surface area contributed by atoms with Crippen LogP contribution >= 0.6 is 0 Å². The highest BCUT2D eigenvalue weighted by Crippen LogP contribution is 2.19. The van der Waals surface area contributed by atoms with E-state index in [0.717, 1.165) is 22.1 Å². The minimum absolute atomic E-state index is 0.949. The van der Waals surface area contributed by atoms with E-state index in [-0.39, 0.29) is 0 Å². The second-order valence-electron chi connectivity index (χ2n) is 2.68. The van der Waals surface area contributed by atoms with Gasteiger partial charge in [-0.25, -0.2) is 0 Å². The highest BCUT2D eigenvalue weighted by Gasteiger charge is 2.04. The fourth-order valence-electron chi connectivity index (χ4n) is 1.41. The molecule has 0 amide bonds. The molecule has 0 unspecified atom stereocenters. The van der Waals surface area contributed by atoms with Crippen LogP contribution < -0.4 is 0 Å². The van der Waals surface area contributed by atoms with Gasteiger partial charge in [0.1, 0.15) is 11.0 Å². The minimum atomic E-state index is 0.949. The van der Waals surface area contributed by atoms with E-state index in [0.29, 0.717) is 0 Å². The van der Waals surface area contributed by atoms with Gasteiger partial charge in [-0.3, -0.25) is 10.1 Å². The zero-order valence-electron chi connectivity index (χ0n) is 6.20. The van der Waals surface area contributed by atoms with Crippen molar-refractivity contribution in [3.8, 4) is 0 Å². The quantitative estimate of drug-likeness (QED) is 0.520. The van der Waals surface area contributed by atoms with Crippen molar-refractivity contribution in [1.29, 1.82) is 0 Å². The Morgan fingerprint density at radius 3 is 3.25 bits per heavy atom. The Labute approximate surface area is 67.6 Å². The predicted molar refractivity (Wildman–Crippen MR) is 45.7 cm³/mol. The number of nitrogens with zero attached hydrogens (tertiary/aromatic N) is 2. The van der Waals surface area contributed by atoms with Crippen LogP contribution in [0.15, 0.2) is 24.5 Å². The standard InChI is InChI=1S/C8H6N4/c1-2-5-7(9-3-1)8-6(11-5)4-10-12-8/h1-4,11H,(H,10,12). The summed E-state index contributed by atoms with van der Waals surface area (Å²) >= 11 is 0. The molecule has 0 aliphatic carbocycles. The van der Waals surface area contributed by atoms with E-state index < -0.39 is 0 Å². The van der Waals surface area contributed by atoms with Gasteiger partial charge in [0.2, 0.25) is 0 Å². The number of nitrogens with one attached hydrogen (secondary N) is 2. The van der Waals surface area contributed by atoms with Crippen LogP contribution in [0.4, 0.5) is 0 Å². The lowest BCUT2D eigenvalue weighted by atomic mass is 10.4. The van der Waals surface area contributed by atoms with Crippen molar-refractivity contribution in [3.05, 3.63) is 24.5 Å². The number of hydrogen-bond acceptors (Lipinski definition) is 2. The normalized spacial score (nSPS) is 11.3. The van der Waals surface area contributed by atoms with Gasteiger partial charge in [0.15, 0.2) is 0 Å². The number of rotatable bonds is 0. The van der Waals surface area contributed by atoms with Crippen LogP contribution in [0.25, 0.3) is 22.1 Å². The molecule has 0 radical (unpaired) electrons. The van der Waals surface area contributed by atoms with Crippen LogP contribution in [0.2, 0.25) is 0 Å². The Morgan fingerprint density at radius 2 is 2.25 bits per heavy atom. The first-order chi connectivity index (χ1) is 5.95.